The molecule has 19 heavy (non-hydrogen) atoms. The van der Waals surface area contributed by atoms with Gasteiger partial charge in [-0.1, -0.05) is 6.07 Å². The van der Waals surface area contributed by atoms with Crippen molar-refractivity contribution in [2.75, 3.05) is 23.0 Å². The Balaban J connectivity index is 2.73. The molecule has 0 unspecified atom stereocenters. The summed E-state index contributed by atoms with van der Waals surface area (Å²) in [5, 5.41) is 2.73. The Kier molecular flexibility index (Phi) is 3.09. The van der Waals surface area contributed by atoms with Crippen LogP contribution in [0.5, 0.6) is 0 Å². The Bertz CT molecular complexity index is 635. The number of nitrogens with zero attached hydrogens (tertiary/aromatic N) is 1. The van der Waals surface area contributed by atoms with Crippen molar-refractivity contribution in [1.29, 1.82) is 0 Å². The molecule has 0 atom stereocenters. The molecule has 6 heteroatoms. The van der Waals surface area contributed by atoms with Gasteiger partial charge in [-0.2, -0.15) is 0 Å². The van der Waals surface area contributed by atoms with Crippen LogP contribution in [0.2, 0.25) is 0 Å². The van der Waals surface area contributed by atoms with Crippen molar-refractivity contribution in [3.05, 3.63) is 18.2 Å². The normalized spacial score (nSPS) is 17.9. The highest BCUT2D eigenvalue weighted by Gasteiger charge is 2.40. The van der Waals surface area contributed by atoms with Crippen molar-refractivity contribution in [2.45, 2.75) is 31.2 Å². The van der Waals surface area contributed by atoms with Gasteiger partial charge in [-0.3, -0.25) is 4.79 Å². The summed E-state index contributed by atoms with van der Waals surface area (Å²) in [6, 6.07) is 5.04. The molecule has 1 aromatic carbocycles. The van der Waals surface area contributed by atoms with Gasteiger partial charge in [0.2, 0.25) is 5.91 Å². The molecule has 0 spiro atoms. The van der Waals surface area contributed by atoms with E-state index in [1.807, 2.05) is 31.7 Å². The van der Waals surface area contributed by atoms with Gasteiger partial charge in [-0.15, -0.1) is 0 Å². The first-order chi connectivity index (χ1) is 8.69. The quantitative estimate of drug-likeness (QED) is 0.895. The summed E-state index contributed by atoms with van der Waals surface area (Å²) in [5.74, 6) is -0.196. The predicted molar refractivity (Wildman–Crippen MR) is 75.3 cm³/mol. The van der Waals surface area contributed by atoms with Gasteiger partial charge in [0.1, 0.15) is 5.54 Å². The number of benzene rings is 1. The molecule has 1 amide bonds. The molecular weight excluding hydrogens is 264 g/mol. The topological polar surface area (TPSA) is 66.5 Å². The zero-order valence-corrected chi connectivity index (χ0v) is 12.3. The van der Waals surface area contributed by atoms with Crippen LogP contribution in [0.15, 0.2) is 23.1 Å². The predicted octanol–water partition coefficient (Wildman–Crippen LogP) is 1.65. The van der Waals surface area contributed by atoms with Gasteiger partial charge < -0.3 is 10.2 Å². The standard InChI is InChI=1S/C13H18N2O3S/c1-5-15-9-7-6-8-10(19(4,17)18)11(9)14-12(16)13(15,2)3/h6-8H,5H2,1-4H3,(H,14,16). The molecule has 1 N–H and O–H groups in total. The van der Waals surface area contributed by atoms with Gasteiger partial charge in [0, 0.05) is 12.8 Å². The van der Waals surface area contributed by atoms with Crippen molar-refractivity contribution in [2.24, 2.45) is 0 Å². The summed E-state index contributed by atoms with van der Waals surface area (Å²) in [6.45, 7) is 6.21. The van der Waals surface area contributed by atoms with Crippen molar-refractivity contribution < 1.29 is 13.2 Å². The van der Waals surface area contributed by atoms with Crippen molar-refractivity contribution in [1.82, 2.24) is 0 Å². The van der Waals surface area contributed by atoms with E-state index < -0.39 is 15.4 Å². The molecule has 0 aromatic heterocycles. The lowest BCUT2D eigenvalue weighted by Gasteiger charge is -2.43. The molecule has 1 aliphatic heterocycles. The third kappa shape index (κ3) is 2.10. The number of sulfone groups is 1. The minimum absolute atomic E-state index is 0.160. The van der Waals surface area contributed by atoms with E-state index in [4.69, 9.17) is 0 Å². The van der Waals surface area contributed by atoms with Crippen LogP contribution < -0.4 is 10.2 Å². The maximum Gasteiger partial charge on any atom is 0.249 e. The summed E-state index contributed by atoms with van der Waals surface area (Å²) in [5.41, 5.74) is 0.434. The van der Waals surface area contributed by atoms with Crippen molar-refractivity contribution in [3.63, 3.8) is 0 Å². The van der Waals surface area contributed by atoms with E-state index in [9.17, 15) is 13.2 Å². The molecule has 0 fully saturated rings. The third-order valence-electron chi connectivity index (χ3n) is 3.48. The first-order valence-electron chi connectivity index (χ1n) is 6.11. The summed E-state index contributed by atoms with van der Waals surface area (Å²) in [7, 11) is -3.38. The molecule has 0 radical (unpaired) electrons. The van der Waals surface area contributed by atoms with Crippen LogP contribution in [0.4, 0.5) is 11.4 Å². The minimum Gasteiger partial charge on any atom is -0.356 e. The second kappa shape index (κ2) is 4.23. The second-order valence-electron chi connectivity index (χ2n) is 5.18. The number of carbonyl (C=O) groups is 1. The first-order valence-corrected chi connectivity index (χ1v) is 8.01. The van der Waals surface area contributed by atoms with E-state index >= 15 is 0 Å². The number of para-hydroxylation sites is 1. The average Bonchev–Trinajstić information content (AvgIpc) is 2.28. The lowest BCUT2D eigenvalue weighted by molar-refractivity contribution is -0.120. The monoisotopic (exact) mass is 282 g/mol. The maximum atomic E-state index is 12.2. The number of amides is 1. The van der Waals surface area contributed by atoms with Gasteiger partial charge in [0.15, 0.2) is 9.84 Å². The van der Waals surface area contributed by atoms with Crippen LogP contribution >= 0.6 is 0 Å². The highest BCUT2D eigenvalue weighted by Crippen LogP contribution is 2.40. The van der Waals surface area contributed by atoms with Crippen molar-refractivity contribution >= 4 is 27.1 Å². The third-order valence-corrected chi connectivity index (χ3v) is 4.62. The second-order valence-corrected chi connectivity index (χ2v) is 7.16. The fraction of sp³-hybridized carbons (Fsp3) is 0.462. The van der Waals surface area contributed by atoms with Crippen LogP contribution in [0.1, 0.15) is 20.8 Å². The van der Waals surface area contributed by atoms with E-state index in [0.717, 1.165) is 11.9 Å². The molecule has 5 nitrogen and oxygen atoms in total. The van der Waals surface area contributed by atoms with Gasteiger partial charge in [-0.25, -0.2) is 8.42 Å². The van der Waals surface area contributed by atoms with Gasteiger partial charge in [0.05, 0.1) is 16.3 Å². The maximum absolute atomic E-state index is 12.2. The van der Waals surface area contributed by atoms with Crippen molar-refractivity contribution in [3.8, 4) is 0 Å². The smallest absolute Gasteiger partial charge is 0.249 e. The van der Waals surface area contributed by atoms with Crippen LogP contribution in [0.25, 0.3) is 0 Å². The molecule has 0 aliphatic carbocycles. The highest BCUT2D eigenvalue weighted by atomic mass is 32.2. The largest absolute Gasteiger partial charge is 0.356 e. The minimum atomic E-state index is -3.38. The van der Waals surface area contributed by atoms with Crippen LogP contribution in [-0.2, 0) is 14.6 Å². The van der Waals surface area contributed by atoms with Crippen LogP contribution in [0.3, 0.4) is 0 Å². The summed E-state index contributed by atoms with van der Waals surface area (Å²) in [4.78, 5) is 14.3. The fourth-order valence-corrected chi connectivity index (χ4v) is 3.29. The number of fused-ring (bicyclic) bond motifs is 1. The molecule has 0 saturated carbocycles. The highest BCUT2D eigenvalue weighted by molar-refractivity contribution is 7.90. The Labute approximate surface area is 113 Å². The van der Waals surface area contributed by atoms with Gasteiger partial charge in [-0.05, 0) is 32.9 Å². The SMILES string of the molecule is CCN1c2cccc(S(C)(=O)=O)c2NC(=O)C1(C)C. The Hall–Kier alpha value is -1.56. The average molecular weight is 282 g/mol. The first kappa shape index (κ1) is 13.9. The molecule has 1 heterocycles. The Morgan fingerprint density at radius 1 is 1.32 bits per heavy atom. The number of hydrogen-bond acceptors (Lipinski definition) is 4. The molecule has 1 aliphatic rings. The lowest BCUT2D eigenvalue weighted by Crippen LogP contribution is -2.56. The molecular formula is C13H18N2O3S. The number of likely N-dealkylation sites (N-methyl/N-ethyl adjacent to an activating group) is 1. The Morgan fingerprint density at radius 2 is 1.95 bits per heavy atom. The summed E-state index contributed by atoms with van der Waals surface area (Å²) in [6.07, 6.45) is 1.14. The zero-order chi connectivity index (χ0) is 14.4. The summed E-state index contributed by atoms with van der Waals surface area (Å²) >= 11 is 0. The molecule has 1 aromatic rings. The number of hydrogen-bond donors (Lipinski definition) is 1. The number of carbonyl (C=O) groups excluding carboxylic acids is 1. The van der Waals surface area contributed by atoms with Gasteiger partial charge in [0.25, 0.3) is 0 Å². The van der Waals surface area contributed by atoms with E-state index in [-0.39, 0.29) is 10.8 Å². The molecule has 104 valence electrons. The lowest BCUT2D eigenvalue weighted by atomic mass is 9.96. The number of nitrogens with one attached hydrogen (secondary N) is 1. The Morgan fingerprint density at radius 3 is 2.47 bits per heavy atom. The van der Waals surface area contributed by atoms with E-state index in [1.165, 1.54) is 6.07 Å². The van der Waals surface area contributed by atoms with Gasteiger partial charge >= 0.3 is 0 Å². The van der Waals surface area contributed by atoms with E-state index in [2.05, 4.69) is 5.32 Å². The van der Waals surface area contributed by atoms with E-state index in [0.29, 0.717) is 12.2 Å². The molecule has 2 rings (SSSR count). The van der Waals surface area contributed by atoms with Crippen LogP contribution in [-0.4, -0.2) is 32.7 Å². The zero-order valence-electron chi connectivity index (χ0n) is 11.5. The number of anilines is 2. The fourth-order valence-electron chi connectivity index (χ4n) is 2.43. The number of rotatable bonds is 2. The molecule has 0 saturated heterocycles. The summed E-state index contributed by atoms with van der Waals surface area (Å²) < 4.78 is 23.6. The molecule has 0 bridgehead atoms. The van der Waals surface area contributed by atoms with Crippen LogP contribution in [0, 0.1) is 0 Å². The van der Waals surface area contributed by atoms with E-state index in [1.54, 1.807) is 6.07 Å².